The molecule has 5 heteroatoms. The maximum Gasteiger partial charge on any atom is 0.148 e. The van der Waals surface area contributed by atoms with Gasteiger partial charge in [-0.05, 0) is 34.7 Å². The minimum atomic E-state index is 0.562. The third kappa shape index (κ3) is 3.36. The van der Waals surface area contributed by atoms with Gasteiger partial charge < -0.3 is 16.0 Å². The molecule has 0 fully saturated rings. The van der Waals surface area contributed by atoms with Crippen molar-refractivity contribution in [2.75, 3.05) is 31.2 Å². The molecule has 0 unspecified atom stereocenters. The van der Waals surface area contributed by atoms with E-state index in [0.717, 1.165) is 36.8 Å². The van der Waals surface area contributed by atoms with E-state index in [1.165, 1.54) is 0 Å². The minimum absolute atomic E-state index is 0.562. The highest BCUT2D eigenvalue weighted by molar-refractivity contribution is 5.64. The highest BCUT2D eigenvalue weighted by Gasteiger charge is 2.11. The van der Waals surface area contributed by atoms with Crippen molar-refractivity contribution in [1.82, 2.24) is 14.7 Å². The van der Waals surface area contributed by atoms with Crippen LogP contribution in [0.2, 0.25) is 0 Å². The minimum Gasteiger partial charge on any atom is -0.394 e. The average Bonchev–Trinajstić information content (AvgIpc) is 2.56. The summed E-state index contributed by atoms with van der Waals surface area (Å²) in [6.07, 6.45) is 0. The quantitative estimate of drug-likeness (QED) is 0.790. The first-order valence-electron chi connectivity index (χ1n) is 6.24. The molecule has 3 N–H and O–H groups in total. The van der Waals surface area contributed by atoms with Crippen LogP contribution in [-0.4, -0.2) is 40.9 Å². The van der Waals surface area contributed by atoms with Crippen molar-refractivity contribution in [2.24, 2.45) is 0 Å². The second kappa shape index (κ2) is 5.91. The first kappa shape index (κ1) is 13.8. The van der Waals surface area contributed by atoms with Gasteiger partial charge in [0.2, 0.25) is 0 Å². The van der Waals surface area contributed by atoms with Crippen molar-refractivity contribution >= 4 is 11.5 Å². The summed E-state index contributed by atoms with van der Waals surface area (Å²) in [6, 6.07) is 0.562. The van der Waals surface area contributed by atoms with Crippen LogP contribution in [0.3, 0.4) is 0 Å². The van der Waals surface area contributed by atoms with Crippen LogP contribution in [0.25, 0.3) is 0 Å². The van der Waals surface area contributed by atoms with Crippen LogP contribution in [0.1, 0.15) is 26.5 Å². The third-order valence-electron chi connectivity index (χ3n) is 3.11. The molecule has 1 aromatic rings. The molecule has 0 aliphatic rings. The molecule has 0 bridgehead atoms. The molecule has 0 saturated carbocycles. The molecule has 98 valence electrons. The zero-order valence-corrected chi connectivity index (χ0v) is 11.6. The van der Waals surface area contributed by atoms with Crippen LogP contribution in [0.5, 0.6) is 0 Å². The van der Waals surface area contributed by atoms with Gasteiger partial charge in [0, 0.05) is 25.7 Å². The molecule has 0 atom stereocenters. The van der Waals surface area contributed by atoms with Crippen LogP contribution in [0, 0.1) is 6.92 Å². The van der Waals surface area contributed by atoms with E-state index < -0.39 is 0 Å². The third-order valence-corrected chi connectivity index (χ3v) is 3.11. The highest BCUT2D eigenvalue weighted by Crippen LogP contribution is 2.21. The zero-order chi connectivity index (χ0) is 13.0. The summed E-state index contributed by atoms with van der Waals surface area (Å²) in [5.41, 5.74) is 7.65. The summed E-state index contributed by atoms with van der Waals surface area (Å²) in [7, 11) is 2.12. The number of nitrogens with one attached hydrogen (secondary N) is 1. The number of anilines is 2. The standard InChI is InChI=1S/C12H25N5/c1-6-17-12(11(13)10(4)15-17)14-7-8-16(5)9(2)3/h9,14H,6-8,13H2,1-5H3. The predicted octanol–water partition coefficient (Wildman–Crippen LogP) is 1.55. The van der Waals surface area contributed by atoms with Crippen molar-refractivity contribution in [2.45, 2.75) is 40.3 Å². The fourth-order valence-corrected chi connectivity index (χ4v) is 1.62. The van der Waals surface area contributed by atoms with E-state index in [4.69, 9.17) is 5.73 Å². The van der Waals surface area contributed by atoms with E-state index in [0.29, 0.717) is 6.04 Å². The van der Waals surface area contributed by atoms with Crippen molar-refractivity contribution in [3.8, 4) is 0 Å². The van der Waals surface area contributed by atoms with Gasteiger partial charge in [0.05, 0.1) is 11.4 Å². The van der Waals surface area contributed by atoms with Gasteiger partial charge >= 0.3 is 0 Å². The van der Waals surface area contributed by atoms with Gasteiger partial charge in [0.1, 0.15) is 5.82 Å². The molecule has 0 radical (unpaired) electrons. The Morgan fingerprint density at radius 2 is 2.12 bits per heavy atom. The normalized spacial score (nSPS) is 11.5. The number of nitrogen functional groups attached to an aromatic ring is 1. The molecule has 0 aromatic carbocycles. The van der Waals surface area contributed by atoms with Crippen molar-refractivity contribution in [3.63, 3.8) is 0 Å². The Bertz CT molecular complexity index is 356. The number of hydrogen-bond donors (Lipinski definition) is 2. The van der Waals surface area contributed by atoms with E-state index in [9.17, 15) is 0 Å². The molecule has 0 aliphatic carbocycles. The largest absolute Gasteiger partial charge is 0.394 e. The molecule has 0 aliphatic heterocycles. The lowest BCUT2D eigenvalue weighted by Gasteiger charge is -2.21. The maximum absolute atomic E-state index is 6.00. The number of aryl methyl sites for hydroxylation is 2. The van der Waals surface area contributed by atoms with E-state index in [1.54, 1.807) is 0 Å². The Labute approximate surface area is 104 Å². The number of nitrogens with zero attached hydrogens (tertiary/aromatic N) is 3. The molecule has 1 aromatic heterocycles. The lowest BCUT2D eigenvalue weighted by molar-refractivity contribution is 0.284. The molecule has 1 heterocycles. The molecular formula is C12H25N5. The lowest BCUT2D eigenvalue weighted by Crippen LogP contribution is -2.31. The first-order chi connectivity index (χ1) is 7.97. The monoisotopic (exact) mass is 239 g/mol. The smallest absolute Gasteiger partial charge is 0.148 e. The van der Waals surface area contributed by atoms with Crippen LogP contribution in [-0.2, 0) is 6.54 Å². The number of rotatable bonds is 6. The SMILES string of the molecule is CCn1nc(C)c(N)c1NCCN(C)C(C)C. The predicted molar refractivity (Wildman–Crippen MR) is 73.3 cm³/mol. The average molecular weight is 239 g/mol. The summed E-state index contributed by atoms with van der Waals surface area (Å²) in [5, 5.41) is 7.75. The summed E-state index contributed by atoms with van der Waals surface area (Å²) < 4.78 is 1.92. The molecule has 0 saturated heterocycles. The lowest BCUT2D eigenvalue weighted by atomic mass is 10.3. The first-order valence-corrected chi connectivity index (χ1v) is 6.24. The fraction of sp³-hybridized carbons (Fsp3) is 0.750. The molecule has 0 spiro atoms. The molecule has 1 rings (SSSR count). The van der Waals surface area contributed by atoms with Crippen molar-refractivity contribution in [1.29, 1.82) is 0 Å². The van der Waals surface area contributed by atoms with Crippen LogP contribution in [0.15, 0.2) is 0 Å². The van der Waals surface area contributed by atoms with Crippen molar-refractivity contribution in [3.05, 3.63) is 5.69 Å². The van der Waals surface area contributed by atoms with Gasteiger partial charge in [-0.25, -0.2) is 4.68 Å². The zero-order valence-electron chi connectivity index (χ0n) is 11.6. The van der Waals surface area contributed by atoms with Gasteiger partial charge in [-0.1, -0.05) is 0 Å². The van der Waals surface area contributed by atoms with E-state index >= 15 is 0 Å². The number of likely N-dealkylation sites (N-methyl/N-ethyl adjacent to an activating group) is 1. The molecule has 0 amide bonds. The Morgan fingerprint density at radius 3 is 2.65 bits per heavy atom. The number of hydrogen-bond acceptors (Lipinski definition) is 4. The van der Waals surface area contributed by atoms with Gasteiger partial charge in [0.15, 0.2) is 0 Å². The fourth-order valence-electron chi connectivity index (χ4n) is 1.62. The molecule has 17 heavy (non-hydrogen) atoms. The Hall–Kier alpha value is -1.23. The van der Waals surface area contributed by atoms with Gasteiger partial charge in [-0.15, -0.1) is 0 Å². The highest BCUT2D eigenvalue weighted by atomic mass is 15.3. The van der Waals surface area contributed by atoms with Crippen LogP contribution >= 0.6 is 0 Å². The van der Waals surface area contributed by atoms with E-state index in [-0.39, 0.29) is 0 Å². The van der Waals surface area contributed by atoms with Gasteiger partial charge in [0.25, 0.3) is 0 Å². The van der Waals surface area contributed by atoms with E-state index in [1.807, 2.05) is 11.6 Å². The Kier molecular flexibility index (Phi) is 4.81. The van der Waals surface area contributed by atoms with Gasteiger partial charge in [-0.3, -0.25) is 0 Å². The number of nitrogens with two attached hydrogens (primary N) is 1. The Balaban J connectivity index is 2.57. The van der Waals surface area contributed by atoms with Crippen molar-refractivity contribution < 1.29 is 0 Å². The second-order valence-electron chi connectivity index (χ2n) is 4.66. The second-order valence-corrected chi connectivity index (χ2v) is 4.66. The molecule has 5 nitrogen and oxygen atoms in total. The van der Waals surface area contributed by atoms with Crippen LogP contribution < -0.4 is 11.1 Å². The maximum atomic E-state index is 6.00. The van der Waals surface area contributed by atoms with E-state index in [2.05, 4.69) is 43.1 Å². The topological polar surface area (TPSA) is 59.1 Å². The van der Waals surface area contributed by atoms with Gasteiger partial charge in [-0.2, -0.15) is 5.10 Å². The van der Waals surface area contributed by atoms with Crippen LogP contribution in [0.4, 0.5) is 11.5 Å². The Morgan fingerprint density at radius 1 is 1.47 bits per heavy atom. The summed E-state index contributed by atoms with van der Waals surface area (Å²) in [4.78, 5) is 2.29. The summed E-state index contributed by atoms with van der Waals surface area (Å²) in [6.45, 7) is 11.1. The summed E-state index contributed by atoms with van der Waals surface area (Å²) >= 11 is 0. The molecular weight excluding hydrogens is 214 g/mol. The number of aromatic nitrogens is 2. The summed E-state index contributed by atoms with van der Waals surface area (Å²) in [5.74, 6) is 0.946.